The van der Waals surface area contributed by atoms with Crippen molar-refractivity contribution in [1.82, 2.24) is 19.1 Å². The second-order valence-electron chi connectivity index (χ2n) is 8.37. The summed E-state index contributed by atoms with van der Waals surface area (Å²) < 4.78 is 15.7. The molecule has 2 aliphatic rings. The third kappa shape index (κ3) is 3.61. The number of epoxide rings is 2. The molecular formula is C24H26N4O2. The molecule has 30 heavy (non-hydrogen) atoms. The van der Waals surface area contributed by atoms with Crippen molar-refractivity contribution in [2.45, 2.75) is 51.0 Å². The zero-order valence-electron chi connectivity index (χ0n) is 17.0. The summed E-state index contributed by atoms with van der Waals surface area (Å²) in [4.78, 5) is 9.82. The minimum atomic E-state index is 0.353. The van der Waals surface area contributed by atoms with Gasteiger partial charge in [0.15, 0.2) is 0 Å². The highest BCUT2D eigenvalue weighted by atomic mass is 16.6. The molecule has 4 aromatic rings. The van der Waals surface area contributed by atoms with Crippen LogP contribution < -0.4 is 0 Å². The standard InChI is InChI=1S/C24H26N4O2/c1-3-9-21-19(7-1)25-23(27(21)13-17-15-29-17)11-5-6-12-24-26-20-8-2-4-10-22(20)28(24)14-18-16-30-18/h1-4,7-10,17-18H,5-6,11-16H2. The number of imidazole rings is 2. The predicted molar refractivity (Wildman–Crippen MR) is 116 cm³/mol. The lowest BCUT2D eigenvalue weighted by atomic mass is 10.1. The van der Waals surface area contributed by atoms with E-state index >= 15 is 0 Å². The first kappa shape index (κ1) is 18.1. The monoisotopic (exact) mass is 402 g/mol. The van der Waals surface area contributed by atoms with Gasteiger partial charge < -0.3 is 18.6 Å². The van der Waals surface area contributed by atoms with E-state index in [1.807, 2.05) is 0 Å². The fourth-order valence-corrected chi connectivity index (χ4v) is 4.36. The van der Waals surface area contributed by atoms with Crippen molar-refractivity contribution < 1.29 is 9.47 Å². The molecule has 2 atom stereocenters. The molecule has 6 heteroatoms. The van der Waals surface area contributed by atoms with Crippen molar-refractivity contribution in [3.8, 4) is 0 Å². The average Bonchev–Trinajstić information content (AvgIpc) is 3.69. The molecule has 2 unspecified atom stereocenters. The van der Waals surface area contributed by atoms with E-state index in [0.717, 1.165) is 63.0 Å². The van der Waals surface area contributed by atoms with E-state index in [1.54, 1.807) is 0 Å². The van der Waals surface area contributed by atoms with Crippen LogP contribution in [0.3, 0.4) is 0 Å². The molecule has 2 aliphatic heterocycles. The Kier molecular flexibility index (Phi) is 4.54. The van der Waals surface area contributed by atoms with E-state index in [0.29, 0.717) is 12.2 Å². The molecule has 0 bridgehead atoms. The molecule has 0 N–H and O–H groups in total. The molecule has 0 aliphatic carbocycles. The van der Waals surface area contributed by atoms with Crippen LogP contribution in [0.25, 0.3) is 22.1 Å². The van der Waals surface area contributed by atoms with Gasteiger partial charge in [0, 0.05) is 12.8 Å². The first-order chi connectivity index (χ1) is 14.8. The number of fused-ring (bicyclic) bond motifs is 2. The number of hydrogen-bond acceptors (Lipinski definition) is 4. The van der Waals surface area contributed by atoms with E-state index in [9.17, 15) is 0 Å². The number of ether oxygens (including phenoxy) is 2. The van der Waals surface area contributed by atoms with Crippen molar-refractivity contribution in [1.29, 1.82) is 0 Å². The highest BCUT2D eigenvalue weighted by Gasteiger charge is 2.26. The van der Waals surface area contributed by atoms with Crippen LogP contribution in [0.5, 0.6) is 0 Å². The van der Waals surface area contributed by atoms with Crippen LogP contribution in [-0.2, 0) is 35.4 Å². The second-order valence-corrected chi connectivity index (χ2v) is 8.37. The number of aryl methyl sites for hydroxylation is 2. The summed E-state index contributed by atoms with van der Waals surface area (Å²) in [7, 11) is 0. The van der Waals surface area contributed by atoms with Gasteiger partial charge in [-0.25, -0.2) is 9.97 Å². The van der Waals surface area contributed by atoms with E-state index in [1.165, 1.54) is 22.7 Å². The second kappa shape index (κ2) is 7.52. The molecule has 4 heterocycles. The molecule has 2 saturated heterocycles. The summed E-state index contributed by atoms with van der Waals surface area (Å²) in [6, 6.07) is 16.8. The van der Waals surface area contributed by atoms with Crippen molar-refractivity contribution in [2.75, 3.05) is 13.2 Å². The summed E-state index contributed by atoms with van der Waals surface area (Å²) in [5.41, 5.74) is 4.60. The summed E-state index contributed by atoms with van der Waals surface area (Å²) in [6.45, 7) is 3.56. The average molecular weight is 402 g/mol. The Hall–Kier alpha value is -2.70. The molecular weight excluding hydrogens is 376 g/mol. The maximum Gasteiger partial charge on any atom is 0.109 e. The van der Waals surface area contributed by atoms with Crippen LogP contribution in [0.2, 0.25) is 0 Å². The van der Waals surface area contributed by atoms with E-state index < -0.39 is 0 Å². The van der Waals surface area contributed by atoms with E-state index in [-0.39, 0.29) is 0 Å². The van der Waals surface area contributed by atoms with Gasteiger partial charge >= 0.3 is 0 Å². The van der Waals surface area contributed by atoms with Gasteiger partial charge in [-0.3, -0.25) is 0 Å². The predicted octanol–water partition coefficient (Wildman–Crippen LogP) is 3.75. The number of hydrogen-bond donors (Lipinski definition) is 0. The van der Waals surface area contributed by atoms with Crippen molar-refractivity contribution in [3.05, 3.63) is 60.2 Å². The molecule has 0 radical (unpaired) electrons. The van der Waals surface area contributed by atoms with Gasteiger partial charge in [0.05, 0.1) is 60.6 Å². The first-order valence-electron chi connectivity index (χ1n) is 11.0. The van der Waals surface area contributed by atoms with E-state index in [2.05, 4.69) is 57.7 Å². The quantitative estimate of drug-likeness (QED) is 0.316. The Bertz CT molecular complexity index is 1090. The fourth-order valence-electron chi connectivity index (χ4n) is 4.36. The number of rotatable bonds is 9. The highest BCUT2D eigenvalue weighted by Crippen LogP contribution is 2.24. The van der Waals surface area contributed by atoms with Gasteiger partial charge in [0.25, 0.3) is 0 Å². The smallest absolute Gasteiger partial charge is 0.109 e. The van der Waals surface area contributed by atoms with Gasteiger partial charge in [0.2, 0.25) is 0 Å². The molecule has 2 aromatic heterocycles. The summed E-state index contributed by atoms with van der Waals surface area (Å²) >= 11 is 0. The number of para-hydroxylation sites is 4. The number of benzene rings is 2. The molecule has 6 rings (SSSR count). The van der Waals surface area contributed by atoms with Crippen LogP contribution in [0.1, 0.15) is 24.5 Å². The molecule has 0 amide bonds. The van der Waals surface area contributed by atoms with Gasteiger partial charge in [-0.15, -0.1) is 0 Å². The number of nitrogens with zero attached hydrogens (tertiary/aromatic N) is 4. The van der Waals surface area contributed by atoms with Gasteiger partial charge in [-0.2, -0.15) is 0 Å². The molecule has 0 spiro atoms. The third-order valence-corrected chi connectivity index (χ3v) is 6.10. The van der Waals surface area contributed by atoms with Crippen LogP contribution in [0, 0.1) is 0 Å². The van der Waals surface area contributed by atoms with Crippen molar-refractivity contribution >= 4 is 22.1 Å². The summed E-state index contributed by atoms with van der Waals surface area (Å²) in [5.74, 6) is 2.35. The van der Waals surface area contributed by atoms with Crippen LogP contribution in [-0.4, -0.2) is 44.5 Å². The van der Waals surface area contributed by atoms with Crippen LogP contribution in [0.15, 0.2) is 48.5 Å². The van der Waals surface area contributed by atoms with Crippen molar-refractivity contribution in [3.63, 3.8) is 0 Å². The first-order valence-corrected chi connectivity index (χ1v) is 11.0. The Morgan fingerprint density at radius 2 is 1.13 bits per heavy atom. The third-order valence-electron chi connectivity index (χ3n) is 6.10. The van der Waals surface area contributed by atoms with Gasteiger partial charge in [-0.05, 0) is 37.1 Å². The fraction of sp³-hybridized carbons (Fsp3) is 0.417. The van der Waals surface area contributed by atoms with Gasteiger partial charge in [0.1, 0.15) is 11.6 Å². The Morgan fingerprint density at radius 1 is 0.700 bits per heavy atom. The summed E-state index contributed by atoms with van der Waals surface area (Å²) in [5, 5.41) is 0. The Labute approximate surface area is 175 Å². The maximum absolute atomic E-state index is 5.48. The molecule has 0 saturated carbocycles. The van der Waals surface area contributed by atoms with Crippen LogP contribution >= 0.6 is 0 Å². The number of unbranched alkanes of at least 4 members (excludes halogenated alkanes) is 1. The zero-order valence-corrected chi connectivity index (χ0v) is 17.0. The van der Waals surface area contributed by atoms with Crippen LogP contribution in [0.4, 0.5) is 0 Å². The minimum absolute atomic E-state index is 0.353. The SMILES string of the molecule is c1ccc2c(c1)nc(CCCCc1nc3ccccc3n1CC1CO1)n2CC1CO1. The Morgan fingerprint density at radius 3 is 1.57 bits per heavy atom. The Balaban J connectivity index is 1.16. The highest BCUT2D eigenvalue weighted by molar-refractivity contribution is 5.76. The number of aromatic nitrogens is 4. The molecule has 154 valence electrons. The topological polar surface area (TPSA) is 60.7 Å². The zero-order chi connectivity index (χ0) is 19.9. The largest absolute Gasteiger partial charge is 0.371 e. The lowest BCUT2D eigenvalue weighted by Gasteiger charge is -2.09. The van der Waals surface area contributed by atoms with Crippen molar-refractivity contribution in [2.24, 2.45) is 0 Å². The maximum atomic E-state index is 5.48. The lowest BCUT2D eigenvalue weighted by Crippen LogP contribution is -2.10. The molecule has 6 nitrogen and oxygen atoms in total. The normalized spacial score (nSPS) is 20.3. The minimum Gasteiger partial charge on any atom is -0.371 e. The molecule has 2 fully saturated rings. The molecule has 2 aromatic carbocycles. The van der Waals surface area contributed by atoms with E-state index in [4.69, 9.17) is 19.4 Å². The lowest BCUT2D eigenvalue weighted by molar-refractivity contribution is 0.381. The van der Waals surface area contributed by atoms with Gasteiger partial charge in [-0.1, -0.05) is 24.3 Å². The summed E-state index contributed by atoms with van der Waals surface area (Å²) in [6.07, 6.45) is 4.85.